The van der Waals surface area contributed by atoms with Crippen LogP contribution in [0, 0.1) is 0 Å². The van der Waals surface area contributed by atoms with Crippen molar-refractivity contribution in [3.05, 3.63) is 0 Å². The van der Waals surface area contributed by atoms with Gasteiger partial charge in [0, 0.05) is 13.2 Å². The van der Waals surface area contributed by atoms with Crippen LogP contribution in [0.4, 0.5) is 0 Å². The number of ether oxygens (including phenoxy) is 2. The molecule has 1 amide bonds. The third kappa shape index (κ3) is 3.02. The number of carbonyl (C=O) groups excluding carboxylic acids is 2. The predicted octanol–water partition coefficient (Wildman–Crippen LogP) is 1.11. The van der Waals surface area contributed by atoms with Gasteiger partial charge in [0.2, 0.25) is 5.91 Å². The van der Waals surface area contributed by atoms with Gasteiger partial charge in [-0.05, 0) is 32.1 Å². The highest BCUT2D eigenvalue weighted by atomic mass is 16.5. The molecule has 1 unspecified atom stereocenters. The number of piperidine rings is 1. The second-order valence-electron chi connectivity index (χ2n) is 4.96. The predicted molar refractivity (Wildman–Crippen MR) is 65.0 cm³/mol. The molecule has 102 valence electrons. The summed E-state index contributed by atoms with van der Waals surface area (Å²) >= 11 is 0. The Morgan fingerprint density at radius 3 is 2.78 bits per heavy atom. The Bertz CT molecular complexity index is 312. The summed E-state index contributed by atoms with van der Waals surface area (Å²) in [5, 5.41) is 0. The Hall–Kier alpha value is -1.10. The molecule has 2 aliphatic rings. The molecular formula is C13H21NO4. The van der Waals surface area contributed by atoms with Crippen LogP contribution in [-0.2, 0) is 19.1 Å². The number of methoxy groups -OCH3 is 1. The maximum absolute atomic E-state index is 12.2. The zero-order valence-corrected chi connectivity index (χ0v) is 10.9. The van der Waals surface area contributed by atoms with E-state index < -0.39 is 6.04 Å². The third-order valence-corrected chi connectivity index (χ3v) is 3.72. The first-order chi connectivity index (χ1) is 8.72. The Morgan fingerprint density at radius 1 is 1.28 bits per heavy atom. The molecule has 0 aromatic heterocycles. The number of hydrogen-bond donors (Lipinski definition) is 0. The highest BCUT2D eigenvalue weighted by Crippen LogP contribution is 2.22. The maximum Gasteiger partial charge on any atom is 0.328 e. The van der Waals surface area contributed by atoms with E-state index in [0.717, 1.165) is 32.3 Å². The third-order valence-electron chi connectivity index (χ3n) is 3.72. The van der Waals surface area contributed by atoms with Gasteiger partial charge in [-0.15, -0.1) is 0 Å². The van der Waals surface area contributed by atoms with E-state index in [1.165, 1.54) is 7.11 Å². The summed E-state index contributed by atoms with van der Waals surface area (Å²) in [7, 11) is 1.37. The number of hydrogen-bond acceptors (Lipinski definition) is 4. The quantitative estimate of drug-likeness (QED) is 0.709. The molecule has 5 nitrogen and oxygen atoms in total. The smallest absolute Gasteiger partial charge is 0.328 e. The highest BCUT2D eigenvalue weighted by molar-refractivity contribution is 5.85. The lowest BCUT2D eigenvalue weighted by Crippen LogP contribution is -2.49. The van der Waals surface area contributed by atoms with Gasteiger partial charge in [0.25, 0.3) is 0 Å². The zero-order valence-electron chi connectivity index (χ0n) is 10.9. The van der Waals surface area contributed by atoms with Gasteiger partial charge >= 0.3 is 5.97 Å². The summed E-state index contributed by atoms with van der Waals surface area (Å²) in [5.74, 6) is -0.271. The molecule has 18 heavy (non-hydrogen) atoms. The molecule has 0 N–H and O–H groups in total. The summed E-state index contributed by atoms with van der Waals surface area (Å²) in [4.78, 5) is 25.6. The van der Waals surface area contributed by atoms with E-state index in [4.69, 9.17) is 9.47 Å². The highest BCUT2D eigenvalue weighted by Gasteiger charge is 2.34. The lowest BCUT2D eigenvalue weighted by atomic mass is 10.0. The maximum atomic E-state index is 12.2. The van der Waals surface area contributed by atoms with Gasteiger partial charge < -0.3 is 14.4 Å². The van der Waals surface area contributed by atoms with E-state index in [1.54, 1.807) is 4.90 Å². The number of rotatable bonds is 3. The summed E-state index contributed by atoms with van der Waals surface area (Å²) in [6.07, 6.45) is 5.06. The molecule has 0 aliphatic carbocycles. The molecule has 0 saturated carbocycles. The van der Waals surface area contributed by atoms with Crippen molar-refractivity contribution in [2.24, 2.45) is 0 Å². The van der Waals surface area contributed by atoms with Crippen LogP contribution in [0.25, 0.3) is 0 Å². The van der Waals surface area contributed by atoms with Crippen LogP contribution in [0.3, 0.4) is 0 Å². The molecule has 0 spiro atoms. The van der Waals surface area contributed by atoms with E-state index in [1.807, 2.05) is 0 Å². The van der Waals surface area contributed by atoms with Crippen LogP contribution in [0.2, 0.25) is 0 Å². The topological polar surface area (TPSA) is 55.8 Å². The number of carbonyl (C=O) groups is 2. The Morgan fingerprint density at radius 2 is 2.11 bits per heavy atom. The fourth-order valence-electron chi connectivity index (χ4n) is 2.73. The lowest BCUT2D eigenvalue weighted by molar-refractivity contribution is -0.155. The van der Waals surface area contributed by atoms with Gasteiger partial charge in [0.1, 0.15) is 6.04 Å². The lowest BCUT2D eigenvalue weighted by Gasteiger charge is -2.34. The fraction of sp³-hybridized carbons (Fsp3) is 0.846. The number of esters is 1. The van der Waals surface area contributed by atoms with Crippen LogP contribution < -0.4 is 0 Å². The van der Waals surface area contributed by atoms with E-state index >= 15 is 0 Å². The SMILES string of the molecule is COC(=O)[C@H]1CCCCN1C(=O)CC1CCCO1. The van der Waals surface area contributed by atoms with Crippen LogP contribution in [0.15, 0.2) is 0 Å². The normalized spacial score (nSPS) is 28.2. The zero-order chi connectivity index (χ0) is 13.0. The first kappa shape index (κ1) is 13.3. The van der Waals surface area contributed by atoms with Gasteiger partial charge in [0.15, 0.2) is 0 Å². The van der Waals surface area contributed by atoms with Crippen molar-refractivity contribution in [2.75, 3.05) is 20.3 Å². The molecule has 0 radical (unpaired) electrons. The molecule has 2 heterocycles. The minimum atomic E-state index is -0.391. The van der Waals surface area contributed by atoms with Crippen LogP contribution >= 0.6 is 0 Å². The van der Waals surface area contributed by atoms with Crippen molar-refractivity contribution in [1.82, 2.24) is 4.90 Å². The van der Waals surface area contributed by atoms with Crippen molar-refractivity contribution in [3.63, 3.8) is 0 Å². The van der Waals surface area contributed by atoms with Crippen LogP contribution in [0.5, 0.6) is 0 Å². The van der Waals surface area contributed by atoms with Crippen molar-refractivity contribution < 1.29 is 19.1 Å². The van der Waals surface area contributed by atoms with Crippen LogP contribution in [-0.4, -0.2) is 49.2 Å². The van der Waals surface area contributed by atoms with Gasteiger partial charge in [-0.2, -0.15) is 0 Å². The molecule has 2 rings (SSSR count). The summed E-state index contributed by atoms with van der Waals surface area (Å²) < 4.78 is 10.2. The molecule has 0 aromatic carbocycles. The minimum absolute atomic E-state index is 0.0250. The Labute approximate surface area is 107 Å². The van der Waals surface area contributed by atoms with Gasteiger partial charge in [0.05, 0.1) is 19.6 Å². The molecule has 0 bridgehead atoms. The molecule has 2 aliphatic heterocycles. The number of amides is 1. The van der Waals surface area contributed by atoms with Crippen molar-refractivity contribution in [1.29, 1.82) is 0 Å². The molecule has 2 atom stereocenters. The molecular weight excluding hydrogens is 234 g/mol. The number of nitrogens with zero attached hydrogens (tertiary/aromatic N) is 1. The van der Waals surface area contributed by atoms with E-state index in [-0.39, 0.29) is 18.0 Å². The van der Waals surface area contributed by atoms with E-state index in [0.29, 0.717) is 19.4 Å². The largest absolute Gasteiger partial charge is 0.467 e. The van der Waals surface area contributed by atoms with Crippen molar-refractivity contribution in [3.8, 4) is 0 Å². The van der Waals surface area contributed by atoms with Gasteiger partial charge in [-0.1, -0.05) is 0 Å². The standard InChI is InChI=1S/C13H21NO4/c1-17-13(16)11-6-2-3-7-14(11)12(15)9-10-5-4-8-18-10/h10-11H,2-9H2,1H3/t10?,11-/m1/s1. The van der Waals surface area contributed by atoms with Crippen LogP contribution in [0.1, 0.15) is 38.5 Å². The average Bonchev–Trinajstić information content (AvgIpc) is 2.90. The van der Waals surface area contributed by atoms with Gasteiger partial charge in [-0.3, -0.25) is 4.79 Å². The molecule has 2 fully saturated rings. The minimum Gasteiger partial charge on any atom is -0.467 e. The van der Waals surface area contributed by atoms with Gasteiger partial charge in [-0.25, -0.2) is 4.79 Å². The summed E-state index contributed by atoms with van der Waals surface area (Å²) in [5.41, 5.74) is 0. The Balaban J connectivity index is 1.94. The number of likely N-dealkylation sites (tertiary alicyclic amines) is 1. The first-order valence-electron chi connectivity index (χ1n) is 6.71. The average molecular weight is 255 g/mol. The monoisotopic (exact) mass is 255 g/mol. The van der Waals surface area contributed by atoms with Crippen molar-refractivity contribution in [2.45, 2.75) is 50.7 Å². The molecule has 5 heteroatoms. The van der Waals surface area contributed by atoms with Crippen molar-refractivity contribution >= 4 is 11.9 Å². The molecule has 0 aromatic rings. The summed E-state index contributed by atoms with van der Waals surface area (Å²) in [6, 6.07) is -0.391. The molecule has 2 saturated heterocycles. The first-order valence-corrected chi connectivity index (χ1v) is 6.71. The summed E-state index contributed by atoms with van der Waals surface area (Å²) in [6.45, 7) is 1.41. The fourth-order valence-corrected chi connectivity index (χ4v) is 2.73. The second kappa shape index (κ2) is 6.18. The Kier molecular flexibility index (Phi) is 4.58. The van der Waals surface area contributed by atoms with E-state index in [9.17, 15) is 9.59 Å². The van der Waals surface area contributed by atoms with E-state index in [2.05, 4.69) is 0 Å². The second-order valence-corrected chi connectivity index (χ2v) is 4.96.